The number of hydrogen-bond acceptors (Lipinski definition) is 2. The monoisotopic (exact) mass is 284 g/mol. The van der Waals surface area contributed by atoms with Crippen molar-refractivity contribution in [3.05, 3.63) is 23.8 Å². The molecule has 5 atom stereocenters. The Kier molecular flexibility index (Phi) is 2.68. The summed E-state index contributed by atoms with van der Waals surface area (Å²) in [6, 6.07) is 0. The van der Waals surface area contributed by atoms with Crippen LogP contribution in [0, 0.1) is 28.6 Å². The lowest BCUT2D eigenvalue weighted by atomic mass is 9.49. The van der Waals surface area contributed by atoms with Crippen LogP contribution < -0.4 is 0 Å². The number of rotatable bonds is 0. The van der Waals surface area contributed by atoms with Crippen LogP contribution in [-0.2, 0) is 9.59 Å². The van der Waals surface area contributed by atoms with Crippen molar-refractivity contribution in [3.8, 4) is 0 Å². The van der Waals surface area contributed by atoms with Crippen molar-refractivity contribution in [3.63, 3.8) is 0 Å². The van der Waals surface area contributed by atoms with E-state index < -0.39 is 0 Å². The number of fused-ring (bicyclic) bond motifs is 5. The minimum atomic E-state index is -0.0758. The molecular weight excluding hydrogens is 260 g/mol. The molecule has 0 spiro atoms. The van der Waals surface area contributed by atoms with E-state index in [0.29, 0.717) is 30.0 Å². The quantitative estimate of drug-likeness (QED) is 0.677. The zero-order valence-electron chi connectivity index (χ0n) is 13.0. The van der Waals surface area contributed by atoms with E-state index in [2.05, 4.69) is 26.0 Å². The van der Waals surface area contributed by atoms with E-state index in [9.17, 15) is 9.59 Å². The summed E-state index contributed by atoms with van der Waals surface area (Å²) >= 11 is 0. The summed E-state index contributed by atoms with van der Waals surface area (Å²) in [5.41, 5.74) is 1.32. The van der Waals surface area contributed by atoms with Crippen LogP contribution in [0.3, 0.4) is 0 Å². The molecule has 21 heavy (non-hydrogen) atoms. The van der Waals surface area contributed by atoms with Gasteiger partial charge in [-0.3, -0.25) is 9.59 Å². The highest BCUT2D eigenvalue weighted by atomic mass is 16.1. The molecule has 112 valence electrons. The van der Waals surface area contributed by atoms with Crippen molar-refractivity contribution >= 4 is 11.6 Å². The lowest BCUT2D eigenvalue weighted by Crippen LogP contribution is -2.49. The molecule has 0 N–H and O–H groups in total. The average Bonchev–Trinajstić information content (AvgIpc) is 2.76. The first kappa shape index (κ1) is 13.5. The largest absolute Gasteiger partial charge is 0.299 e. The van der Waals surface area contributed by atoms with Crippen LogP contribution in [0.4, 0.5) is 0 Å². The summed E-state index contributed by atoms with van der Waals surface area (Å²) in [5.74, 6) is 2.44. The van der Waals surface area contributed by atoms with Gasteiger partial charge in [0.05, 0.1) is 0 Å². The normalized spacial score (nSPS) is 48.5. The lowest BCUT2D eigenvalue weighted by Gasteiger charge is -2.54. The Morgan fingerprint density at radius 1 is 1.00 bits per heavy atom. The van der Waals surface area contributed by atoms with Crippen molar-refractivity contribution in [2.45, 2.75) is 52.4 Å². The van der Waals surface area contributed by atoms with Crippen molar-refractivity contribution < 1.29 is 9.59 Å². The smallest absolute Gasteiger partial charge is 0.156 e. The second kappa shape index (κ2) is 4.18. The Bertz CT molecular complexity index is 584. The summed E-state index contributed by atoms with van der Waals surface area (Å²) in [4.78, 5) is 24.1. The minimum absolute atomic E-state index is 0.0758. The molecular formula is C19H24O2. The van der Waals surface area contributed by atoms with E-state index in [-0.39, 0.29) is 16.6 Å². The minimum Gasteiger partial charge on any atom is -0.299 e. The van der Waals surface area contributed by atoms with Gasteiger partial charge in [-0.2, -0.15) is 0 Å². The summed E-state index contributed by atoms with van der Waals surface area (Å²) in [7, 11) is 0. The van der Waals surface area contributed by atoms with Crippen molar-refractivity contribution in [1.29, 1.82) is 0 Å². The summed E-state index contributed by atoms with van der Waals surface area (Å²) in [6.07, 6.45) is 12.1. The Hall–Kier alpha value is -1.18. The summed E-state index contributed by atoms with van der Waals surface area (Å²) in [6.45, 7) is 4.56. The molecule has 0 bridgehead atoms. The van der Waals surface area contributed by atoms with Gasteiger partial charge in [-0.15, -0.1) is 0 Å². The second-order valence-electron chi connectivity index (χ2n) is 8.05. The maximum atomic E-state index is 12.3. The van der Waals surface area contributed by atoms with Crippen LogP contribution in [-0.4, -0.2) is 11.6 Å². The number of hydrogen-bond donors (Lipinski definition) is 0. The van der Waals surface area contributed by atoms with E-state index in [1.807, 2.05) is 6.08 Å². The van der Waals surface area contributed by atoms with Gasteiger partial charge in [-0.1, -0.05) is 26.0 Å². The summed E-state index contributed by atoms with van der Waals surface area (Å²) < 4.78 is 0. The molecule has 4 aliphatic rings. The van der Waals surface area contributed by atoms with Gasteiger partial charge in [0.1, 0.15) is 5.78 Å². The zero-order chi connectivity index (χ0) is 14.8. The highest BCUT2D eigenvalue weighted by molar-refractivity contribution is 5.92. The third-order valence-electron chi connectivity index (χ3n) is 7.22. The van der Waals surface area contributed by atoms with Gasteiger partial charge in [-0.05, 0) is 60.5 Å². The van der Waals surface area contributed by atoms with Gasteiger partial charge in [0.15, 0.2) is 5.78 Å². The van der Waals surface area contributed by atoms with Gasteiger partial charge in [0, 0.05) is 18.3 Å². The lowest BCUT2D eigenvalue weighted by molar-refractivity contribution is -0.130. The van der Waals surface area contributed by atoms with Crippen molar-refractivity contribution in [1.82, 2.24) is 0 Å². The van der Waals surface area contributed by atoms with Gasteiger partial charge in [0.2, 0.25) is 0 Å². The molecule has 0 aromatic rings. The Morgan fingerprint density at radius 3 is 2.57 bits per heavy atom. The van der Waals surface area contributed by atoms with Crippen LogP contribution in [0.1, 0.15) is 52.4 Å². The van der Waals surface area contributed by atoms with Gasteiger partial charge >= 0.3 is 0 Å². The number of carbonyl (C=O) groups is 2. The number of carbonyl (C=O) groups excluding carboxylic acids is 2. The fourth-order valence-corrected chi connectivity index (χ4v) is 5.77. The predicted octanol–water partition coefficient (Wildman–Crippen LogP) is 3.86. The number of ketones is 2. The van der Waals surface area contributed by atoms with Crippen LogP contribution in [0.15, 0.2) is 23.8 Å². The molecule has 4 aliphatic carbocycles. The molecule has 0 unspecified atom stereocenters. The van der Waals surface area contributed by atoms with Crippen LogP contribution >= 0.6 is 0 Å². The first-order valence-electron chi connectivity index (χ1n) is 8.42. The molecule has 0 radical (unpaired) electrons. The molecule has 2 nitrogen and oxygen atoms in total. The third-order valence-corrected chi connectivity index (χ3v) is 7.22. The van der Waals surface area contributed by atoms with E-state index >= 15 is 0 Å². The van der Waals surface area contributed by atoms with Crippen LogP contribution in [0.25, 0.3) is 0 Å². The fourth-order valence-electron chi connectivity index (χ4n) is 5.77. The molecule has 0 aromatic heterocycles. The number of allylic oxidation sites excluding steroid dienone is 4. The van der Waals surface area contributed by atoms with Crippen molar-refractivity contribution in [2.24, 2.45) is 28.6 Å². The topological polar surface area (TPSA) is 34.1 Å². The van der Waals surface area contributed by atoms with Gasteiger partial charge in [-0.25, -0.2) is 0 Å². The van der Waals surface area contributed by atoms with Crippen LogP contribution in [0.2, 0.25) is 0 Å². The third kappa shape index (κ3) is 1.65. The van der Waals surface area contributed by atoms with E-state index in [4.69, 9.17) is 0 Å². The molecule has 0 heterocycles. The molecule has 0 amide bonds. The Balaban J connectivity index is 1.77. The number of Topliss-reactive ketones (excluding diaryl/α,β-unsaturated/α-hetero) is 1. The van der Waals surface area contributed by atoms with E-state index in [1.165, 1.54) is 5.57 Å². The maximum absolute atomic E-state index is 12.3. The molecule has 0 aromatic carbocycles. The molecule has 0 aliphatic heterocycles. The summed E-state index contributed by atoms with van der Waals surface area (Å²) in [5, 5.41) is 0. The van der Waals surface area contributed by atoms with E-state index in [0.717, 1.165) is 32.1 Å². The van der Waals surface area contributed by atoms with Crippen molar-refractivity contribution in [2.75, 3.05) is 0 Å². The first-order chi connectivity index (χ1) is 9.95. The van der Waals surface area contributed by atoms with Gasteiger partial charge < -0.3 is 0 Å². The molecule has 4 rings (SSSR count). The maximum Gasteiger partial charge on any atom is 0.156 e. The molecule has 2 heteroatoms. The first-order valence-corrected chi connectivity index (χ1v) is 8.42. The van der Waals surface area contributed by atoms with Crippen LogP contribution in [0.5, 0.6) is 0 Å². The Labute approximate surface area is 126 Å². The molecule has 2 fully saturated rings. The standard InChI is InChI=1S/C19H24O2/c1-18-9-7-13(20)11-12(18)3-4-14-15-5-6-17(21)19(15,2)10-8-16(14)18/h3-4,11,14-16H,5-10H2,1-2H3/t14-,15+,16+,18-,19-/m0/s1. The zero-order valence-corrected chi connectivity index (χ0v) is 13.0. The SMILES string of the molecule is C[C@]12CCC(=O)C=C1C=C[C@@H]1[C@H]2CC[C@]2(C)C(=O)CC[C@H]12. The highest BCUT2D eigenvalue weighted by Gasteiger charge is 2.57. The molecule has 0 saturated heterocycles. The second-order valence-corrected chi connectivity index (χ2v) is 8.05. The molecule has 2 saturated carbocycles. The van der Waals surface area contributed by atoms with E-state index in [1.54, 1.807) is 0 Å². The van der Waals surface area contributed by atoms with Gasteiger partial charge in [0.25, 0.3) is 0 Å². The fraction of sp³-hybridized carbons (Fsp3) is 0.684. The Morgan fingerprint density at radius 2 is 1.76 bits per heavy atom. The average molecular weight is 284 g/mol. The highest BCUT2D eigenvalue weighted by Crippen LogP contribution is 2.62. The predicted molar refractivity (Wildman–Crippen MR) is 81.6 cm³/mol.